The van der Waals surface area contributed by atoms with E-state index in [4.69, 9.17) is 4.74 Å². The number of nitrogens with zero attached hydrogens (tertiary/aromatic N) is 1. The molecule has 4 rings (SSSR count). The van der Waals surface area contributed by atoms with E-state index < -0.39 is 17.8 Å². The summed E-state index contributed by atoms with van der Waals surface area (Å²) in [6.07, 6.45) is 2.58. The number of aromatic nitrogens is 1. The molecule has 0 radical (unpaired) electrons. The van der Waals surface area contributed by atoms with Gasteiger partial charge in [0.15, 0.2) is 5.75 Å². The Morgan fingerprint density at radius 2 is 1.59 bits per heavy atom. The van der Waals surface area contributed by atoms with Crippen molar-refractivity contribution in [1.82, 2.24) is 4.98 Å². The van der Waals surface area contributed by atoms with Crippen molar-refractivity contribution < 1.29 is 23.8 Å². The van der Waals surface area contributed by atoms with Crippen molar-refractivity contribution in [3.8, 4) is 28.1 Å². The van der Waals surface area contributed by atoms with Crippen molar-refractivity contribution in [3.05, 3.63) is 84.2 Å². The van der Waals surface area contributed by atoms with E-state index in [1.165, 1.54) is 12.1 Å². The minimum absolute atomic E-state index is 0.0773. The second kappa shape index (κ2) is 10.3. The summed E-state index contributed by atoms with van der Waals surface area (Å²) in [6, 6.07) is 21.0. The van der Waals surface area contributed by atoms with Gasteiger partial charge in [-0.2, -0.15) is 0 Å². The van der Waals surface area contributed by atoms with Crippen LogP contribution in [0.4, 0.5) is 4.39 Å². The quantitative estimate of drug-likeness (QED) is 0.230. The molecular weight excluding hydrogens is 433 g/mol. The minimum Gasteiger partial charge on any atom is -0.478 e. The summed E-state index contributed by atoms with van der Waals surface area (Å²) in [5.74, 6) is -2.64. The molecule has 0 unspecified atom stereocenters. The molecule has 0 fully saturated rings. The number of rotatable bonds is 8. The van der Waals surface area contributed by atoms with Crippen LogP contribution in [-0.2, 0) is 4.79 Å². The van der Waals surface area contributed by atoms with Crippen LogP contribution in [-0.4, -0.2) is 22.0 Å². The summed E-state index contributed by atoms with van der Waals surface area (Å²) in [7, 11) is 0. The summed E-state index contributed by atoms with van der Waals surface area (Å²) in [6.45, 7) is 2.02. The monoisotopic (exact) mass is 457 g/mol. The third-order valence-corrected chi connectivity index (χ3v) is 5.58. The Labute approximate surface area is 196 Å². The molecule has 6 heteroatoms. The molecule has 0 spiro atoms. The number of hydrogen-bond donors (Lipinski definition) is 1. The van der Waals surface area contributed by atoms with E-state index in [1.54, 1.807) is 12.1 Å². The van der Waals surface area contributed by atoms with Crippen LogP contribution in [0.25, 0.3) is 33.3 Å². The van der Waals surface area contributed by atoms with Gasteiger partial charge in [0.1, 0.15) is 17.1 Å². The molecule has 0 saturated carbocycles. The zero-order valence-corrected chi connectivity index (χ0v) is 18.8. The lowest BCUT2D eigenvalue weighted by Crippen LogP contribution is -2.13. The Kier molecular flexibility index (Phi) is 6.97. The second-order valence-electron chi connectivity index (χ2n) is 8.01. The first-order valence-electron chi connectivity index (χ1n) is 11.2. The third-order valence-electron chi connectivity index (χ3n) is 5.58. The van der Waals surface area contributed by atoms with Crippen molar-refractivity contribution in [1.29, 1.82) is 0 Å². The van der Waals surface area contributed by atoms with Crippen LogP contribution in [0.2, 0.25) is 0 Å². The highest BCUT2D eigenvalue weighted by Crippen LogP contribution is 2.38. The number of fused-ring (bicyclic) bond motifs is 1. The molecule has 3 aromatic carbocycles. The predicted molar refractivity (Wildman–Crippen MR) is 129 cm³/mol. The van der Waals surface area contributed by atoms with Gasteiger partial charge in [-0.1, -0.05) is 74.4 Å². The fourth-order valence-corrected chi connectivity index (χ4v) is 3.86. The van der Waals surface area contributed by atoms with Crippen LogP contribution in [0.1, 0.15) is 43.0 Å². The van der Waals surface area contributed by atoms with Gasteiger partial charge in [0.25, 0.3) is 0 Å². The molecule has 172 valence electrons. The molecule has 1 aromatic heterocycles. The maximum atomic E-state index is 14.0. The molecule has 0 aliphatic rings. The Hall–Kier alpha value is -4.06. The van der Waals surface area contributed by atoms with E-state index in [9.17, 15) is 19.1 Å². The lowest BCUT2D eigenvalue weighted by atomic mass is 9.99. The van der Waals surface area contributed by atoms with Gasteiger partial charge >= 0.3 is 11.9 Å². The number of carbonyl (C=O) groups is 2. The zero-order valence-electron chi connectivity index (χ0n) is 18.8. The van der Waals surface area contributed by atoms with Crippen LogP contribution in [0.5, 0.6) is 5.75 Å². The van der Waals surface area contributed by atoms with E-state index in [2.05, 4.69) is 4.98 Å². The van der Waals surface area contributed by atoms with Crippen molar-refractivity contribution in [2.45, 2.75) is 32.6 Å². The maximum absolute atomic E-state index is 14.0. The van der Waals surface area contributed by atoms with E-state index in [0.29, 0.717) is 17.5 Å². The van der Waals surface area contributed by atoms with Crippen LogP contribution in [0, 0.1) is 5.82 Å². The highest BCUT2D eigenvalue weighted by Gasteiger charge is 2.25. The molecule has 4 aromatic rings. The van der Waals surface area contributed by atoms with Crippen molar-refractivity contribution >= 4 is 22.8 Å². The minimum atomic E-state index is -1.32. The summed E-state index contributed by atoms with van der Waals surface area (Å²) in [5.41, 5.74) is 2.83. The van der Waals surface area contributed by atoms with Gasteiger partial charge in [0.05, 0.1) is 5.52 Å². The molecule has 0 atom stereocenters. The van der Waals surface area contributed by atoms with Gasteiger partial charge in [-0.25, -0.2) is 14.2 Å². The lowest BCUT2D eigenvalue weighted by molar-refractivity contribution is -0.134. The fourth-order valence-electron chi connectivity index (χ4n) is 3.86. The molecule has 0 aliphatic heterocycles. The van der Waals surface area contributed by atoms with Crippen LogP contribution in [0.3, 0.4) is 0 Å². The van der Waals surface area contributed by atoms with Gasteiger partial charge in [-0.15, -0.1) is 0 Å². The third kappa shape index (κ3) is 4.96. The molecular formula is C28H24FNO4. The summed E-state index contributed by atoms with van der Waals surface area (Å²) in [5, 5.41) is 10.1. The van der Waals surface area contributed by atoms with E-state index in [0.717, 1.165) is 30.0 Å². The number of esters is 1. The number of ether oxygens (including phenoxy) is 1. The van der Waals surface area contributed by atoms with Gasteiger partial charge in [-0.05, 0) is 35.7 Å². The van der Waals surface area contributed by atoms with Gasteiger partial charge in [0.2, 0.25) is 0 Å². The van der Waals surface area contributed by atoms with Crippen molar-refractivity contribution in [3.63, 3.8) is 0 Å². The Bertz CT molecular complexity index is 1330. The molecule has 0 amide bonds. The normalized spacial score (nSPS) is 10.9. The summed E-state index contributed by atoms with van der Waals surface area (Å²) < 4.78 is 19.6. The van der Waals surface area contributed by atoms with Crippen LogP contribution in [0.15, 0.2) is 72.8 Å². The molecule has 0 saturated heterocycles. The Morgan fingerprint density at radius 1 is 0.912 bits per heavy atom. The lowest BCUT2D eigenvalue weighted by Gasteiger charge is -2.15. The summed E-state index contributed by atoms with van der Waals surface area (Å²) in [4.78, 5) is 29.4. The Balaban J connectivity index is 1.85. The van der Waals surface area contributed by atoms with Gasteiger partial charge in [0, 0.05) is 17.4 Å². The standard InChI is InChI=1S/C28H24FNO4/c1-2-3-5-10-24(31)34-27-25(28(32)33)22-17-21(29)15-16-23(22)30-26(27)20-13-11-19(12-14-20)18-8-6-4-7-9-18/h4,6-9,11-17H,2-3,5,10H2,1H3,(H,32,33). The number of hydrogen-bond acceptors (Lipinski definition) is 4. The highest BCUT2D eigenvalue weighted by molar-refractivity contribution is 6.08. The molecule has 34 heavy (non-hydrogen) atoms. The molecule has 5 nitrogen and oxygen atoms in total. The number of aromatic carboxylic acids is 1. The van der Waals surface area contributed by atoms with Crippen LogP contribution < -0.4 is 4.74 Å². The number of carboxylic acid groups (broad SMARTS) is 1. The topological polar surface area (TPSA) is 76.5 Å². The first-order chi connectivity index (χ1) is 16.5. The number of carboxylic acids is 1. The van der Waals surface area contributed by atoms with E-state index >= 15 is 0 Å². The first kappa shape index (κ1) is 23.1. The Morgan fingerprint density at radius 3 is 2.26 bits per heavy atom. The number of carbonyl (C=O) groups excluding carboxylic acids is 1. The van der Waals surface area contributed by atoms with E-state index in [1.807, 2.05) is 49.4 Å². The number of pyridine rings is 1. The largest absolute Gasteiger partial charge is 0.478 e. The summed E-state index contributed by atoms with van der Waals surface area (Å²) >= 11 is 0. The average molecular weight is 458 g/mol. The zero-order chi connectivity index (χ0) is 24.1. The molecule has 0 bridgehead atoms. The smallest absolute Gasteiger partial charge is 0.340 e. The number of benzene rings is 3. The second-order valence-corrected chi connectivity index (χ2v) is 8.01. The van der Waals surface area contributed by atoms with Gasteiger partial charge < -0.3 is 9.84 Å². The van der Waals surface area contributed by atoms with E-state index in [-0.39, 0.29) is 28.8 Å². The number of halogens is 1. The molecule has 0 aliphatic carbocycles. The maximum Gasteiger partial charge on any atom is 0.340 e. The predicted octanol–water partition coefficient (Wildman–Crippen LogP) is 6.89. The first-order valence-corrected chi connectivity index (χ1v) is 11.2. The van der Waals surface area contributed by atoms with Crippen molar-refractivity contribution in [2.24, 2.45) is 0 Å². The van der Waals surface area contributed by atoms with Gasteiger partial charge in [-0.3, -0.25) is 4.79 Å². The highest BCUT2D eigenvalue weighted by atomic mass is 19.1. The van der Waals surface area contributed by atoms with Crippen LogP contribution >= 0.6 is 0 Å². The average Bonchev–Trinajstić information content (AvgIpc) is 2.84. The SMILES string of the molecule is CCCCCC(=O)Oc1c(-c2ccc(-c3ccccc3)cc2)nc2ccc(F)cc2c1C(=O)O. The molecule has 1 N–H and O–H groups in total. The van der Waals surface area contributed by atoms with Crippen molar-refractivity contribution in [2.75, 3.05) is 0 Å². The molecule has 1 heterocycles. The number of unbranched alkanes of at least 4 members (excludes halogenated alkanes) is 2. The fraction of sp³-hybridized carbons (Fsp3) is 0.179.